The lowest BCUT2D eigenvalue weighted by molar-refractivity contribution is -0.116. The minimum absolute atomic E-state index is 0.0773. The number of anilines is 1. The van der Waals surface area contributed by atoms with E-state index in [1.165, 1.54) is 0 Å². The number of aryl methyl sites for hydroxylation is 2. The SMILES string of the molecule is CCOc1cc2c(cc1NC(=O)CCc1c(C)nc3c4ccccc4nn3c1C)OC(C)C2. The first-order valence-electron chi connectivity index (χ1n) is 11.4. The van der Waals surface area contributed by atoms with E-state index in [4.69, 9.17) is 19.6 Å². The summed E-state index contributed by atoms with van der Waals surface area (Å²) in [6.45, 7) is 8.53. The molecule has 1 amide bonds. The van der Waals surface area contributed by atoms with Gasteiger partial charge in [0.25, 0.3) is 0 Å². The highest BCUT2D eigenvalue weighted by Gasteiger charge is 2.23. The summed E-state index contributed by atoms with van der Waals surface area (Å²) in [6, 6.07) is 11.9. The van der Waals surface area contributed by atoms with Gasteiger partial charge in [0, 0.05) is 41.2 Å². The molecule has 7 nitrogen and oxygen atoms in total. The highest BCUT2D eigenvalue weighted by atomic mass is 16.5. The Morgan fingerprint density at radius 1 is 1.27 bits per heavy atom. The van der Waals surface area contributed by atoms with Gasteiger partial charge in [0.05, 0.1) is 17.8 Å². The van der Waals surface area contributed by atoms with Gasteiger partial charge in [-0.15, -0.1) is 0 Å². The molecule has 0 bridgehead atoms. The molecule has 33 heavy (non-hydrogen) atoms. The number of benzene rings is 2. The maximum atomic E-state index is 12.9. The summed E-state index contributed by atoms with van der Waals surface area (Å²) >= 11 is 0. The van der Waals surface area contributed by atoms with Gasteiger partial charge in [0.2, 0.25) is 5.91 Å². The van der Waals surface area contributed by atoms with Crippen molar-refractivity contribution >= 4 is 28.1 Å². The van der Waals surface area contributed by atoms with Crippen molar-refractivity contribution in [2.45, 2.75) is 53.1 Å². The topological polar surface area (TPSA) is 77.8 Å². The molecule has 1 atom stereocenters. The number of hydrogen-bond donors (Lipinski definition) is 1. The Morgan fingerprint density at radius 3 is 2.91 bits per heavy atom. The number of nitrogens with zero attached hydrogens (tertiary/aromatic N) is 3. The van der Waals surface area contributed by atoms with Gasteiger partial charge in [-0.3, -0.25) is 4.79 Å². The zero-order chi connectivity index (χ0) is 23.1. The molecule has 0 fully saturated rings. The predicted octanol–water partition coefficient (Wildman–Crippen LogP) is 4.79. The molecule has 0 radical (unpaired) electrons. The fourth-order valence-electron chi connectivity index (χ4n) is 4.60. The van der Waals surface area contributed by atoms with Crippen molar-refractivity contribution in [3.05, 3.63) is 58.9 Å². The molecule has 1 aliphatic heterocycles. The minimum atomic E-state index is -0.0773. The molecule has 1 aliphatic rings. The van der Waals surface area contributed by atoms with Gasteiger partial charge < -0.3 is 14.8 Å². The van der Waals surface area contributed by atoms with Crippen molar-refractivity contribution < 1.29 is 14.3 Å². The third-order valence-corrected chi connectivity index (χ3v) is 6.19. The van der Waals surface area contributed by atoms with Crippen LogP contribution in [0.2, 0.25) is 0 Å². The molecular weight excluding hydrogens is 416 g/mol. The highest BCUT2D eigenvalue weighted by molar-refractivity contribution is 5.93. The first-order valence-corrected chi connectivity index (χ1v) is 11.4. The summed E-state index contributed by atoms with van der Waals surface area (Å²) < 4.78 is 13.5. The van der Waals surface area contributed by atoms with Gasteiger partial charge in [0.15, 0.2) is 5.65 Å². The first kappa shape index (κ1) is 21.2. The number of carbonyl (C=O) groups is 1. The lowest BCUT2D eigenvalue weighted by Crippen LogP contribution is -2.15. The largest absolute Gasteiger partial charge is 0.492 e. The van der Waals surface area contributed by atoms with Crippen molar-refractivity contribution in [3.8, 4) is 11.5 Å². The Bertz CT molecular complexity index is 1380. The third kappa shape index (κ3) is 3.88. The molecule has 0 saturated heterocycles. The molecule has 0 saturated carbocycles. The molecule has 0 aliphatic carbocycles. The fourth-order valence-corrected chi connectivity index (χ4v) is 4.60. The lowest BCUT2D eigenvalue weighted by atomic mass is 10.1. The zero-order valence-corrected chi connectivity index (χ0v) is 19.4. The Kier molecular flexibility index (Phi) is 5.40. The number of hydrogen-bond acceptors (Lipinski definition) is 5. The average molecular weight is 445 g/mol. The van der Waals surface area contributed by atoms with Crippen LogP contribution < -0.4 is 14.8 Å². The van der Waals surface area contributed by atoms with Gasteiger partial charge in [-0.2, -0.15) is 5.10 Å². The quantitative estimate of drug-likeness (QED) is 0.463. The Morgan fingerprint density at radius 2 is 2.09 bits per heavy atom. The molecule has 3 heterocycles. The average Bonchev–Trinajstić information content (AvgIpc) is 3.33. The molecule has 1 unspecified atom stereocenters. The monoisotopic (exact) mass is 444 g/mol. The van der Waals surface area contributed by atoms with Gasteiger partial charge in [-0.1, -0.05) is 12.1 Å². The maximum Gasteiger partial charge on any atom is 0.224 e. The smallest absolute Gasteiger partial charge is 0.224 e. The Balaban J connectivity index is 1.36. The van der Waals surface area contributed by atoms with Crippen LogP contribution in [0.25, 0.3) is 16.6 Å². The number of nitrogens with one attached hydrogen (secondary N) is 1. The van der Waals surface area contributed by atoms with Crippen LogP contribution in [0.1, 0.15) is 42.8 Å². The summed E-state index contributed by atoms with van der Waals surface area (Å²) in [5, 5.41) is 8.76. The van der Waals surface area contributed by atoms with Gasteiger partial charge in [0.1, 0.15) is 17.6 Å². The summed E-state index contributed by atoms with van der Waals surface area (Å²) in [4.78, 5) is 17.7. The summed E-state index contributed by atoms with van der Waals surface area (Å²) in [5.74, 6) is 1.42. The highest BCUT2D eigenvalue weighted by Crippen LogP contribution is 2.38. The van der Waals surface area contributed by atoms with Crippen molar-refractivity contribution in [2.24, 2.45) is 0 Å². The van der Waals surface area contributed by atoms with E-state index in [1.807, 2.05) is 68.6 Å². The van der Waals surface area contributed by atoms with E-state index in [0.29, 0.717) is 30.9 Å². The third-order valence-electron chi connectivity index (χ3n) is 6.19. The molecule has 1 N–H and O–H groups in total. The number of ether oxygens (including phenoxy) is 2. The van der Waals surface area contributed by atoms with Crippen LogP contribution in [0, 0.1) is 13.8 Å². The summed E-state index contributed by atoms with van der Waals surface area (Å²) in [5.41, 5.74) is 6.50. The second kappa shape index (κ2) is 8.39. The van der Waals surface area contributed by atoms with E-state index in [2.05, 4.69) is 5.32 Å². The summed E-state index contributed by atoms with van der Waals surface area (Å²) in [7, 11) is 0. The number of fused-ring (bicyclic) bond motifs is 4. The number of aromatic nitrogens is 3. The lowest BCUT2D eigenvalue weighted by Gasteiger charge is -2.14. The second-order valence-corrected chi connectivity index (χ2v) is 8.58. The van der Waals surface area contributed by atoms with Gasteiger partial charge >= 0.3 is 0 Å². The fraction of sp³-hybridized carbons (Fsp3) is 0.346. The number of carbonyl (C=O) groups excluding carboxylic acids is 1. The minimum Gasteiger partial charge on any atom is -0.492 e. The Hall–Kier alpha value is -3.61. The van der Waals surface area contributed by atoms with E-state index >= 15 is 0 Å². The van der Waals surface area contributed by atoms with Crippen molar-refractivity contribution in [1.82, 2.24) is 14.6 Å². The molecule has 4 aromatic rings. The van der Waals surface area contributed by atoms with Crippen molar-refractivity contribution in [1.29, 1.82) is 0 Å². The molecule has 5 rings (SSSR count). The molecule has 0 spiro atoms. The van der Waals surface area contributed by atoms with E-state index < -0.39 is 0 Å². The van der Waals surface area contributed by atoms with E-state index in [9.17, 15) is 4.79 Å². The number of amides is 1. The van der Waals surface area contributed by atoms with Crippen LogP contribution in [-0.4, -0.2) is 33.2 Å². The van der Waals surface area contributed by atoms with E-state index in [0.717, 1.165) is 51.2 Å². The predicted molar refractivity (Wildman–Crippen MR) is 128 cm³/mol. The maximum absolute atomic E-state index is 12.9. The van der Waals surface area contributed by atoms with Gasteiger partial charge in [-0.25, -0.2) is 9.50 Å². The molecule has 2 aromatic heterocycles. The van der Waals surface area contributed by atoms with Crippen LogP contribution in [0.5, 0.6) is 11.5 Å². The molecule has 7 heteroatoms. The van der Waals surface area contributed by atoms with Crippen molar-refractivity contribution in [3.63, 3.8) is 0 Å². The first-order chi connectivity index (χ1) is 15.9. The Labute approximate surface area is 192 Å². The normalized spacial score (nSPS) is 15.0. The zero-order valence-electron chi connectivity index (χ0n) is 19.4. The van der Waals surface area contributed by atoms with Crippen molar-refractivity contribution in [2.75, 3.05) is 11.9 Å². The summed E-state index contributed by atoms with van der Waals surface area (Å²) in [6.07, 6.45) is 1.88. The molecular formula is C26H28N4O3. The number of rotatable bonds is 6. The van der Waals surface area contributed by atoms with Crippen LogP contribution in [-0.2, 0) is 17.6 Å². The van der Waals surface area contributed by atoms with E-state index in [1.54, 1.807) is 0 Å². The second-order valence-electron chi connectivity index (χ2n) is 8.58. The van der Waals surface area contributed by atoms with E-state index in [-0.39, 0.29) is 12.0 Å². The molecule has 2 aromatic carbocycles. The van der Waals surface area contributed by atoms with Crippen LogP contribution >= 0.6 is 0 Å². The van der Waals surface area contributed by atoms with Crippen LogP contribution in [0.3, 0.4) is 0 Å². The standard InChI is InChI=1S/C26H28N4O3/c1-5-32-24-13-18-12-15(2)33-23(18)14-22(24)28-25(31)11-10-19-16(3)27-26-20-8-6-7-9-21(20)29-30(26)17(19)4/h6-9,13-15H,5,10-12H2,1-4H3,(H,28,31). The molecule has 170 valence electrons. The van der Waals surface area contributed by atoms with Crippen LogP contribution in [0.4, 0.5) is 5.69 Å². The van der Waals surface area contributed by atoms with Crippen LogP contribution in [0.15, 0.2) is 36.4 Å². The van der Waals surface area contributed by atoms with Gasteiger partial charge in [-0.05, 0) is 57.9 Å².